The zero-order valence-corrected chi connectivity index (χ0v) is 15.1. The second-order valence-electron chi connectivity index (χ2n) is 6.11. The van der Waals surface area contributed by atoms with Crippen LogP contribution in [0.15, 0.2) is 64.6 Å². The van der Waals surface area contributed by atoms with Crippen molar-refractivity contribution < 1.29 is 14.3 Å². The monoisotopic (exact) mass is 357 g/mol. The van der Waals surface area contributed by atoms with Gasteiger partial charge >= 0.3 is 0 Å². The highest BCUT2D eigenvalue weighted by Gasteiger charge is 2.15. The van der Waals surface area contributed by atoms with Gasteiger partial charge in [0.1, 0.15) is 24.2 Å². The second-order valence-corrected chi connectivity index (χ2v) is 7.14. The average Bonchev–Trinajstić information content (AvgIpc) is 3.27. The SMILES string of the molecule is Cc1cccc(OC[C@@H](O)CN(Cc2ccco2)Cc2cccs2)c1. The molecule has 1 N–H and O–H groups in total. The molecule has 2 heterocycles. The fraction of sp³-hybridized carbons (Fsp3) is 0.300. The Labute approximate surface area is 152 Å². The minimum absolute atomic E-state index is 0.266. The van der Waals surface area contributed by atoms with E-state index >= 15 is 0 Å². The van der Waals surface area contributed by atoms with Crippen LogP contribution >= 0.6 is 11.3 Å². The van der Waals surface area contributed by atoms with Gasteiger partial charge in [-0.2, -0.15) is 0 Å². The van der Waals surface area contributed by atoms with Crippen molar-refractivity contribution in [2.24, 2.45) is 0 Å². The van der Waals surface area contributed by atoms with Crippen molar-refractivity contribution in [3.63, 3.8) is 0 Å². The van der Waals surface area contributed by atoms with Gasteiger partial charge < -0.3 is 14.3 Å². The maximum absolute atomic E-state index is 10.4. The minimum Gasteiger partial charge on any atom is -0.491 e. The van der Waals surface area contributed by atoms with Crippen LogP contribution in [0.1, 0.15) is 16.2 Å². The topological polar surface area (TPSA) is 45.8 Å². The van der Waals surface area contributed by atoms with Crippen LogP contribution in [0.5, 0.6) is 5.75 Å². The van der Waals surface area contributed by atoms with Gasteiger partial charge in [-0.1, -0.05) is 18.2 Å². The molecule has 2 aromatic heterocycles. The van der Waals surface area contributed by atoms with Crippen LogP contribution in [0.2, 0.25) is 0 Å². The summed E-state index contributed by atoms with van der Waals surface area (Å²) in [5.41, 5.74) is 1.14. The molecule has 3 rings (SSSR count). The van der Waals surface area contributed by atoms with E-state index < -0.39 is 6.10 Å². The molecule has 0 saturated heterocycles. The molecule has 0 saturated carbocycles. The summed E-state index contributed by atoms with van der Waals surface area (Å²) in [6.45, 7) is 4.24. The third kappa shape index (κ3) is 5.74. The number of rotatable bonds is 9. The molecule has 0 bridgehead atoms. The Morgan fingerprint density at radius 3 is 2.80 bits per heavy atom. The molecule has 0 unspecified atom stereocenters. The molecule has 0 aliphatic rings. The number of aliphatic hydroxyl groups is 1. The predicted octanol–water partition coefficient (Wildman–Crippen LogP) is 4.09. The fourth-order valence-electron chi connectivity index (χ4n) is 2.68. The zero-order chi connectivity index (χ0) is 17.5. The maximum Gasteiger partial charge on any atom is 0.119 e. The highest BCUT2D eigenvalue weighted by atomic mass is 32.1. The summed E-state index contributed by atoms with van der Waals surface area (Å²) >= 11 is 1.72. The third-order valence-corrected chi connectivity index (χ3v) is 4.68. The van der Waals surface area contributed by atoms with Crippen molar-refractivity contribution in [2.45, 2.75) is 26.1 Å². The van der Waals surface area contributed by atoms with E-state index in [-0.39, 0.29) is 6.61 Å². The van der Waals surface area contributed by atoms with E-state index in [1.165, 1.54) is 4.88 Å². The number of aliphatic hydroxyl groups excluding tert-OH is 1. The Bertz CT molecular complexity index is 704. The lowest BCUT2D eigenvalue weighted by Crippen LogP contribution is -2.34. The summed E-state index contributed by atoms with van der Waals surface area (Å²) in [6, 6.07) is 15.8. The van der Waals surface area contributed by atoms with E-state index in [4.69, 9.17) is 9.15 Å². The maximum atomic E-state index is 10.4. The molecule has 4 nitrogen and oxygen atoms in total. The summed E-state index contributed by atoms with van der Waals surface area (Å²) in [4.78, 5) is 3.44. The predicted molar refractivity (Wildman–Crippen MR) is 99.8 cm³/mol. The summed E-state index contributed by atoms with van der Waals surface area (Å²) in [5.74, 6) is 1.68. The fourth-order valence-corrected chi connectivity index (χ4v) is 3.43. The highest BCUT2D eigenvalue weighted by Crippen LogP contribution is 2.16. The molecule has 5 heteroatoms. The number of ether oxygens (including phenoxy) is 1. The molecule has 0 aliphatic carbocycles. The second kappa shape index (κ2) is 8.85. The first-order valence-corrected chi connectivity index (χ1v) is 9.21. The number of thiophene rings is 1. The standard InChI is InChI=1S/C20H23NO3S/c1-16-5-2-6-18(11-16)24-15-17(22)12-21(13-19-7-3-9-23-19)14-20-8-4-10-25-20/h2-11,17,22H,12-15H2,1H3/t17-/m0/s1. The molecule has 0 amide bonds. The number of furan rings is 1. The van der Waals surface area contributed by atoms with Crippen molar-refractivity contribution in [1.29, 1.82) is 0 Å². The quantitative estimate of drug-likeness (QED) is 0.626. The molecule has 0 radical (unpaired) electrons. The Hall–Kier alpha value is -2.08. The van der Waals surface area contributed by atoms with Gasteiger partial charge in [-0.05, 0) is 48.2 Å². The number of nitrogens with zero attached hydrogens (tertiary/aromatic N) is 1. The lowest BCUT2D eigenvalue weighted by atomic mass is 10.2. The zero-order valence-electron chi connectivity index (χ0n) is 14.3. The van der Waals surface area contributed by atoms with Crippen LogP contribution in [-0.2, 0) is 13.1 Å². The first-order valence-electron chi connectivity index (χ1n) is 8.33. The van der Waals surface area contributed by atoms with E-state index in [9.17, 15) is 5.11 Å². The molecule has 0 fully saturated rings. The van der Waals surface area contributed by atoms with Gasteiger partial charge in [0, 0.05) is 18.0 Å². The van der Waals surface area contributed by atoms with Crippen LogP contribution in [0.25, 0.3) is 0 Å². The van der Waals surface area contributed by atoms with Crippen molar-refractivity contribution in [3.8, 4) is 5.75 Å². The van der Waals surface area contributed by atoms with E-state index in [2.05, 4.69) is 16.3 Å². The van der Waals surface area contributed by atoms with Crippen LogP contribution < -0.4 is 4.74 Å². The Balaban J connectivity index is 1.56. The molecule has 25 heavy (non-hydrogen) atoms. The van der Waals surface area contributed by atoms with Crippen molar-refractivity contribution in [1.82, 2.24) is 4.90 Å². The number of hydrogen-bond acceptors (Lipinski definition) is 5. The lowest BCUT2D eigenvalue weighted by molar-refractivity contribution is 0.0608. The van der Waals surface area contributed by atoms with Gasteiger partial charge in [0.2, 0.25) is 0 Å². The van der Waals surface area contributed by atoms with Crippen LogP contribution in [-0.4, -0.2) is 29.3 Å². The van der Waals surface area contributed by atoms with Crippen LogP contribution in [0.3, 0.4) is 0 Å². The summed E-state index contributed by atoms with van der Waals surface area (Å²) < 4.78 is 11.2. The van der Waals surface area contributed by atoms with Gasteiger partial charge in [0.25, 0.3) is 0 Å². The Morgan fingerprint density at radius 1 is 1.16 bits per heavy atom. The smallest absolute Gasteiger partial charge is 0.119 e. The van der Waals surface area contributed by atoms with Gasteiger partial charge in [0.15, 0.2) is 0 Å². The summed E-state index contributed by atoms with van der Waals surface area (Å²) in [6.07, 6.45) is 1.10. The molecule has 3 aromatic rings. The van der Waals surface area contributed by atoms with Gasteiger partial charge in [0.05, 0.1) is 12.8 Å². The van der Waals surface area contributed by atoms with E-state index in [0.717, 1.165) is 23.6 Å². The number of benzene rings is 1. The lowest BCUT2D eigenvalue weighted by Gasteiger charge is -2.24. The molecule has 0 spiro atoms. The normalized spacial score (nSPS) is 12.4. The largest absolute Gasteiger partial charge is 0.491 e. The molecule has 0 aliphatic heterocycles. The van der Waals surface area contributed by atoms with Crippen LogP contribution in [0, 0.1) is 6.92 Å². The Morgan fingerprint density at radius 2 is 2.08 bits per heavy atom. The third-order valence-electron chi connectivity index (χ3n) is 3.82. The highest BCUT2D eigenvalue weighted by molar-refractivity contribution is 7.09. The first-order chi connectivity index (χ1) is 12.2. The van der Waals surface area contributed by atoms with Crippen molar-refractivity contribution in [3.05, 3.63) is 76.4 Å². The summed E-state index contributed by atoms with van der Waals surface area (Å²) in [7, 11) is 0. The molecular formula is C20H23NO3S. The van der Waals surface area contributed by atoms with E-state index in [1.54, 1.807) is 17.6 Å². The molecular weight excluding hydrogens is 334 g/mol. The Kier molecular flexibility index (Phi) is 6.28. The number of hydrogen-bond donors (Lipinski definition) is 1. The van der Waals surface area contributed by atoms with Crippen molar-refractivity contribution in [2.75, 3.05) is 13.2 Å². The average molecular weight is 357 g/mol. The van der Waals surface area contributed by atoms with E-state index in [1.807, 2.05) is 49.4 Å². The van der Waals surface area contributed by atoms with Gasteiger partial charge in [-0.3, -0.25) is 4.90 Å². The van der Waals surface area contributed by atoms with Gasteiger partial charge in [-0.25, -0.2) is 0 Å². The molecule has 1 atom stereocenters. The molecule has 132 valence electrons. The van der Waals surface area contributed by atoms with Crippen LogP contribution in [0.4, 0.5) is 0 Å². The van der Waals surface area contributed by atoms with E-state index in [0.29, 0.717) is 13.1 Å². The first kappa shape index (κ1) is 17.7. The van der Waals surface area contributed by atoms with Crippen molar-refractivity contribution >= 4 is 11.3 Å². The summed E-state index contributed by atoms with van der Waals surface area (Å²) in [5, 5.41) is 12.5. The van der Waals surface area contributed by atoms with Gasteiger partial charge in [-0.15, -0.1) is 11.3 Å². The minimum atomic E-state index is -0.574. The number of aryl methyl sites for hydroxylation is 1. The molecule has 1 aromatic carbocycles.